The first-order valence-electron chi connectivity index (χ1n) is 7.93. The summed E-state index contributed by atoms with van der Waals surface area (Å²) < 4.78 is 0. The van der Waals surface area contributed by atoms with Crippen LogP contribution in [0.25, 0.3) is 44.4 Å². The van der Waals surface area contributed by atoms with Crippen LogP contribution in [0.15, 0.2) is 72.8 Å². The number of hydrogen-bond donors (Lipinski definition) is 0. The van der Waals surface area contributed by atoms with Crippen molar-refractivity contribution in [1.82, 2.24) is 4.98 Å². The van der Waals surface area contributed by atoms with Gasteiger partial charge in [0.1, 0.15) is 0 Å². The van der Waals surface area contributed by atoms with Crippen molar-refractivity contribution >= 4 is 10.9 Å². The van der Waals surface area contributed by atoms with Crippen LogP contribution in [0.1, 0.15) is 5.56 Å². The van der Waals surface area contributed by atoms with E-state index < -0.39 is 0 Å². The SMILES string of the molecule is Cc1c(-c2ccccc2)nc2cccc3c2c1-c1ccccc1-3. The first-order chi connectivity index (χ1) is 11.3. The van der Waals surface area contributed by atoms with Gasteiger partial charge in [0.15, 0.2) is 0 Å². The van der Waals surface area contributed by atoms with Crippen LogP contribution in [0.2, 0.25) is 0 Å². The highest BCUT2D eigenvalue weighted by atomic mass is 14.7. The maximum absolute atomic E-state index is 4.99. The fraction of sp³-hybridized carbons (Fsp3) is 0.0455. The predicted molar refractivity (Wildman–Crippen MR) is 96.3 cm³/mol. The highest BCUT2D eigenvalue weighted by Gasteiger charge is 2.25. The molecule has 0 radical (unpaired) electrons. The number of fused-ring (bicyclic) bond motifs is 3. The Kier molecular flexibility index (Phi) is 2.48. The first-order valence-corrected chi connectivity index (χ1v) is 7.93. The lowest BCUT2D eigenvalue weighted by molar-refractivity contribution is 1.33. The van der Waals surface area contributed by atoms with E-state index in [0.29, 0.717) is 0 Å². The van der Waals surface area contributed by atoms with Gasteiger partial charge in [0.2, 0.25) is 0 Å². The molecule has 0 saturated heterocycles. The molecule has 0 aliphatic heterocycles. The molecule has 1 heteroatoms. The van der Waals surface area contributed by atoms with Crippen molar-refractivity contribution in [3.63, 3.8) is 0 Å². The minimum atomic E-state index is 1.08. The first kappa shape index (κ1) is 12.6. The molecule has 0 atom stereocenters. The van der Waals surface area contributed by atoms with Crippen LogP contribution < -0.4 is 0 Å². The Hall–Kier alpha value is -2.93. The maximum Gasteiger partial charge on any atom is 0.0745 e. The van der Waals surface area contributed by atoms with Gasteiger partial charge in [-0.05, 0) is 40.8 Å². The third-order valence-corrected chi connectivity index (χ3v) is 4.79. The average Bonchev–Trinajstić information content (AvgIpc) is 2.95. The summed E-state index contributed by atoms with van der Waals surface area (Å²) in [5.41, 5.74) is 9.92. The fourth-order valence-electron chi connectivity index (χ4n) is 3.78. The van der Waals surface area contributed by atoms with Gasteiger partial charge in [-0.3, -0.25) is 0 Å². The monoisotopic (exact) mass is 293 g/mol. The molecule has 23 heavy (non-hydrogen) atoms. The van der Waals surface area contributed by atoms with E-state index in [0.717, 1.165) is 11.2 Å². The summed E-state index contributed by atoms with van der Waals surface area (Å²) in [6, 6.07) is 25.6. The van der Waals surface area contributed by atoms with Crippen LogP contribution in [-0.4, -0.2) is 4.98 Å². The summed E-state index contributed by atoms with van der Waals surface area (Å²) in [5, 5.41) is 1.30. The molecule has 1 aromatic heterocycles. The molecule has 0 bridgehead atoms. The van der Waals surface area contributed by atoms with Crippen molar-refractivity contribution in [2.24, 2.45) is 0 Å². The number of rotatable bonds is 1. The van der Waals surface area contributed by atoms with E-state index in [1.807, 2.05) is 6.07 Å². The van der Waals surface area contributed by atoms with Crippen LogP contribution in [-0.2, 0) is 0 Å². The van der Waals surface area contributed by atoms with Crippen LogP contribution in [0.4, 0.5) is 0 Å². The van der Waals surface area contributed by atoms with Gasteiger partial charge >= 0.3 is 0 Å². The molecule has 1 aliphatic rings. The molecule has 0 unspecified atom stereocenters. The van der Waals surface area contributed by atoms with E-state index in [-0.39, 0.29) is 0 Å². The molecular weight excluding hydrogens is 278 g/mol. The van der Waals surface area contributed by atoms with Crippen molar-refractivity contribution < 1.29 is 0 Å². The van der Waals surface area contributed by atoms with E-state index in [2.05, 4.69) is 73.7 Å². The van der Waals surface area contributed by atoms with E-state index >= 15 is 0 Å². The van der Waals surface area contributed by atoms with Gasteiger partial charge in [0.05, 0.1) is 11.2 Å². The molecule has 0 fully saturated rings. The fourth-order valence-corrected chi connectivity index (χ4v) is 3.78. The second kappa shape index (κ2) is 4.53. The number of aromatic nitrogens is 1. The summed E-state index contributed by atoms with van der Waals surface area (Å²) in [6.45, 7) is 2.20. The van der Waals surface area contributed by atoms with E-state index in [1.54, 1.807) is 0 Å². The second-order valence-electron chi connectivity index (χ2n) is 6.07. The Labute approximate surface area is 135 Å². The van der Waals surface area contributed by atoms with E-state index in [1.165, 1.54) is 38.8 Å². The maximum atomic E-state index is 4.99. The third kappa shape index (κ3) is 1.65. The van der Waals surface area contributed by atoms with E-state index in [4.69, 9.17) is 4.98 Å². The van der Waals surface area contributed by atoms with Crippen molar-refractivity contribution in [3.05, 3.63) is 78.4 Å². The molecule has 0 amide bonds. The summed E-state index contributed by atoms with van der Waals surface area (Å²) in [7, 11) is 0. The van der Waals surface area contributed by atoms with Crippen molar-refractivity contribution in [1.29, 1.82) is 0 Å². The highest BCUT2D eigenvalue weighted by molar-refractivity contribution is 6.16. The number of benzene rings is 3. The van der Waals surface area contributed by atoms with E-state index in [9.17, 15) is 0 Å². The molecule has 5 rings (SSSR count). The van der Waals surface area contributed by atoms with Crippen LogP contribution in [0, 0.1) is 6.92 Å². The molecule has 0 N–H and O–H groups in total. The standard InChI is InChI=1S/C22H15N/c1-14-20-17-11-6-5-10-16(17)18-12-7-13-19(21(18)20)23-22(14)15-8-3-2-4-9-15/h2-13H,1H3. The summed E-state index contributed by atoms with van der Waals surface area (Å²) in [4.78, 5) is 4.99. The minimum absolute atomic E-state index is 1.08. The minimum Gasteiger partial charge on any atom is -0.247 e. The van der Waals surface area contributed by atoms with Gasteiger partial charge in [0.25, 0.3) is 0 Å². The lowest BCUT2D eigenvalue weighted by atomic mass is 9.96. The number of nitrogens with zero attached hydrogens (tertiary/aromatic N) is 1. The lowest BCUT2D eigenvalue weighted by Crippen LogP contribution is -1.93. The second-order valence-corrected chi connectivity index (χ2v) is 6.07. The normalized spacial score (nSPS) is 11.7. The molecule has 1 heterocycles. The lowest BCUT2D eigenvalue weighted by Gasteiger charge is -2.12. The van der Waals surface area contributed by atoms with Gasteiger partial charge in [-0.1, -0.05) is 66.7 Å². The van der Waals surface area contributed by atoms with Gasteiger partial charge in [0, 0.05) is 10.9 Å². The largest absolute Gasteiger partial charge is 0.247 e. The molecule has 1 nitrogen and oxygen atoms in total. The van der Waals surface area contributed by atoms with Crippen molar-refractivity contribution in [3.8, 4) is 33.5 Å². The Morgan fingerprint density at radius 3 is 2.17 bits per heavy atom. The van der Waals surface area contributed by atoms with Gasteiger partial charge in [-0.2, -0.15) is 0 Å². The number of hydrogen-bond acceptors (Lipinski definition) is 1. The topological polar surface area (TPSA) is 12.9 Å². The van der Waals surface area contributed by atoms with Crippen molar-refractivity contribution in [2.75, 3.05) is 0 Å². The highest BCUT2D eigenvalue weighted by Crippen LogP contribution is 2.49. The predicted octanol–water partition coefficient (Wildman–Crippen LogP) is 5.86. The molecule has 3 aromatic carbocycles. The van der Waals surface area contributed by atoms with Gasteiger partial charge in [-0.25, -0.2) is 4.98 Å². The molecule has 108 valence electrons. The Morgan fingerprint density at radius 1 is 0.652 bits per heavy atom. The summed E-state index contributed by atoms with van der Waals surface area (Å²) >= 11 is 0. The third-order valence-electron chi connectivity index (χ3n) is 4.79. The zero-order chi connectivity index (χ0) is 15.4. The van der Waals surface area contributed by atoms with Crippen LogP contribution in [0.3, 0.4) is 0 Å². The van der Waals surface area contributed by atoms with Crippen LogP contribution in [0.5, 0.6) is 0 Å². The Balaban J connectivity index is 1.96. The Morgan fingerprint density at radius 2 is 1.35 bits per heavy atom. The van der Waals surface area contributed by atoms with Crippen molar-refractivity contribution in [2.45, 2.75) is 6.92 Å². The smallest absolute Gasteiger partial charge is 0.0745 e. The molecule has 4 aromatic rings. The van der Waals surface area contributed by atoms with Gasteiger partial charge in [-0.15, -0.1) is 0 Å². The average molecular weight is 293 g/mol. The quantitative estimate of drug-likeness (QED) is 0.377. The summed E-state index contributed by atoms with van der Waals surface area (Å²) in [5.74, 6) is 0. The molecule has 0 spiro atoms. The Bertz CT molecular complexity index is 1060. The zero-order valence-electron chi connectivity index (χ0n) is 12.9. The zero-order valence-corrected chi connectivity index (χ0v) is 12.9. The van der Waals surface area contributed by atoms with Crippen LogP contribution >= 0.6 is 0 Å². The number of pyridine rings is 1. The van der Waals surface area contributed by atoms with Gasteiger partial charge < -0.3 is 0 Å². The summed E-state index contributed by atoms with van der Waals surface area (Å²) in [6.07, 6.45) is 0. The molecule has 1 aliphatic carbocycles. The molecular formula is C22H15N. The molecule has 0 saturated carbocycles.